The van der Waals surface area contributed by atoms with Crippen LogP contribution in [0.2, 0.25) is 0 Å². The third-order valence-electron chi connectivity index (χ3n) is 3.42. The van der Waals surface area contributed by atoms with E-state index in [1.165, 1.54) is 6.92 Å². The van der Waals surface area contributed by atoms with Crippen molar-refractivity contribution < 1.29 is 15.0 Å². The van der Waals surface area contributed by atoms with Crippen LogP contribution in [0, 0.1) is 0 Å². The van der Waals surface area contributed by atoms with Crippen LogP contribution < -0.4 is 0 Å². The number of carboxylic acids is 1. The number of aliphatic hydroxyl groups is 1. The molecule has 1 unspecified atom stereocenters. The van der Waals surface area contributed by atoms with Gasteiger partial charge in [-0.1, -0.05) is 60.7 Å². The van der Waals surface area contributed by atoms with Crippen LogP contribution in [0.5, 0.6) is 0 Å². The van der Waals surface area contributed by atoms with Crippen LogP contribution in [0.1, 0.15) is 18.1 Å². The van der Waals surface area contributed by atoms with Crippen molar-refractivity contribution >= 4 is 5.97 Å². The molecule has 98 valence electrons. The first kappa shape index (κ1) is 13.3. The fourth-order valence-electron chi connectivity index (χ4n) is 2.48. The number of carbonyl (C=O) groups is 1. The lowest BCUT2D eigenvalue weighted by Gasteiger charge is -2.33. The molecule has 0 heterocycles. The molecule has 2 aromatic rings. The van der Waals surface area contributed by atoms with Crippen LogP contribution >= 0.6 is 0 Å². The van der Waals surface area contributed by atoms with E-state index in [1.54, 1.807) is 48.5 Å². The highest BCUT2D eigenvalue weighted by Crippen LogP contribution is 2.36. The number of rotatable bonds is 4. The minimum atomic E-state index is -1.44. The fourth-order valence-corrected chi connectivity index (χ4v) is 2.48. The Morgan fingerprint density at radius 3 is 1.58 bits per heavy atom. The van der Waals surface area contributed by atoms with Gasteiger partial charge in [0.2, 0.25) is 0 Å². The summed E-state index contributed by atoms with van der Waals surface area (Å²) in [4.78, 5) is 11.9. The number of aliphatic carboxylic acids is 1. The Balaban J connectivity index is 2.73. The molecule has 0 fully saturated rings. The predicted molar refractivity (Wildman–Crippen MR) is 73.0 cm³/mol. The van der Waals surface area contributed by atoms with E-state index >= 15 is 0 Å². The second-order valence-electron chi connectivity index (χ2n) is 4.52. The molecule has 1 atom stereocenters. The third kappa shape index (κ3) is 2.13. The summed E-state index contributed by atoms with van der Waals surface area (Å²) in [7, 11) is 0. The first-order chi connectivity index (χ1) is 9.10. The summed E-state index contributed by atoms with van der Waals surface area (Å²) >= 11 is 0. The zero-order valence-corrected chi connectivity index (χ0v) is 10.7. The summed E-state index contributed by atoms with van der Waals surface area (Å²) in [5, 5.41) is 19.9. The van der Waals surface area contributed by atoms with Crippen LogP contribution in [0.15, 0.2) is 60.7 Å². The van der Waals surface area contributed by atoms with Crippen molar-refractivity contribution in [3.05, 3.63) is 71.8 Å². The van der Waals surface area contributed by atoms with Crippen LogP contribution in [-0.2, 0) is 10.2 Å². The normalized spacial score (nSPS) is 12.9. The molecule has 0 saturated heterocycles. The van der Waals surface area contributed by atoms with Gasteiger partial charge in [-0.25, -0.2) is 0 Å². The lowest BCUT2D eigenvalue weighted by molar-refractivity contribution is -0.145. The highest BCUT2D eigenvalue weighted by atomic mass is 16.4. The molecule has 2 rings (SSSR count). The van der Waals surface area contributed by atoms with Gasteiger partial charge in [-0.05, 0) is 18.1 Å². The van der Waals surface area contributed by atoms with E-state index in [9.17, 15) is 15.0 Å². The molecule has 0 spiro atoms. The van der Waals surface area contributed by atoms with E-state index in [0.29, 0.717) is 11.1 Å². The molecule has 0 aliphatic carbocycles. The van der Waals surface area contributed by atoms with E-state index in [1.807, 2.05) is 12.1 Å². The Morgan fingerprint density at radius 2 is 1.32 bits per heavy atom. The van der Waals surface area contributed by atoms with Crippen LogP contribution in [0.25, 0.3) is 0 Å². The minimum Gasteiger partial charge on any atom is -0.480 e. The maximum Gasteiger partial charge on any atom is 0.321 e. The standard InChI is InChI=1S/C16H16O3/c1-12(17)16(15(18)19,13-8-4-2-5-9-13)14-10-6-3-7-11-14/h2-12,17H,1H3,(H,18,19). The van der Waals surface area contributed by atoms with Crippen LogP contribution in [0.4, 0.5) is 0 Å². The summed E-state index contributed by atoms with van der Waals surface area (Å²) in [5.74, 6) is -1.06. The zero-order chi connectivity index (χ0) is 13.9. The average Bonchev–Trinajstić information content (AvgIpc) is 2.41. The van der Waals surface area contributed by atoms with E-state index in [4.69, 9.17) is 0 Å². The SMILES string of the molecule is CC(O)C(C(=O)O)(c1ccccc1)c1ccccc1. The first-order valence-corrected chi connectivity index (χ1v) is 6.12. The first-order valence-electron chi connectivity index (χ1n) is 6.12. The molecular formula is C16H16O3. The number of aliphatic hydroxyl groups excluding tert-OH is 1. The van der Waals surface area contributed by atoms with Crippen molar-refractivity contribution in [2.75, 3.05) is 0 Å². The minimum absolute atomic E-state index is 0.573. The molecular weight excluding hydrogens is 240 g/mol. The second kappa shape index (κ2) is 5.24. The number of hydrogen-bond donors (Lipinski definition) is 2. The number of carboxylic acid groups (broad SMARTS) is 1. The quantitative estimate of drug-likeness (QED) is 0.883. The number of hydrogen-bond acceptors (Lipinski definition) is 2. The molecule has 0 radical (unpaired) electrons. The van der Waals surface area contributed by atoms with Gasteiger partial charge in [-0.3, -0.25) is 4.79 Å². The van der Waals surface area contributed by atoms with Crippen molar-refractivity contribution in [3.8, 4) is 0 Å². The van der Waals surface area contributed by atoms with Crippen molar-refractivity contribution in [2.45, 2.75) is 18.4 Å². The van der Waals surface area contributed by atoms with Gasteiger partial charge in [0.05, 0.1) is 6.10 Å². The number of benzene rings is 2. The highest BCUT2D eigenvalue weighted by molar-refractivity contribution is 5.87. The lowest BCUT2D eigenvalue weighted by atomic mass is 9.71. The van der Waals surface area contributed by atoms with E-state index in [0.717, 1.165) is 0 Å². The monoisotopic (exact) mass is 256 g/mol. The van der Waals surface area contributed by atoms with Gasteiger partial charge in [-0.2, -0.15) is 0 Å². The smallest absolute Gasteiger partial charge is 0.321 e. The fraction of sp³-hybridized carbons (Fsp3) is 0.188. The Kier molecular flexibility index (Phi) is 3.67. The molecule has 0 amide bonds. The van der Waals surface area contributed by atoms with Gasteiger partial charge >= 0.3 is 5.97 Å². The predicted octanol–water partition coefficient (Wildman–Crippen LogP) is 2.44. The molecule has 2 aromatic carbocycles. The summed E-state index contributed by atoms with van der Waals surface area (Å²) in [5.41, 5.74) is -0.296. The van der Waals surface area contributed by atoms with Crippen LogP contribution in [0.3, 0.4) is 0 Å². The van der Waals surface area contributed by atoms with E-state index in [2.05, 4.69) is 0 Å². The van der Waals surface area contributed by atoms with E-state index < -0.39 is 17.5 Å². The van der Waals surface area contributed by atoms with Gasteiger partial charge in [0.25, 0.3) is 0 Å². The maximum atomic E-state index is 11.9. The summed E-state index contributed by atoms with van der Waals surface area (Å²) < 4.78 is 0. The second-order valence-corrected chi connectivity index (χ2v) is 4.52. The molecule has 2 N–H and O–H groups in total. The van der Waals surface area contributed by atoms with Crippen molar-refractivity contribution in [1.29, 1.82) is 0 Å². The van der Waals surface area contributed by atoms with E-state index in [-0.39, 0.29) is 0 Å². The molecule has 3 heteroatoms. The topological polar surface area (TPSA) is 57.5 Å². The van der Waals surface area contributed by atoms with Gasteiger partial charge in [0.1, 0.15) is 5.41 Å². The molecule has 0 aliphatic heterocycles. The molecule has 19 heavy (non-hydrogen) atoms. The zero-order valence-electron chi connectivity index (χ0n) is 10.7. The van der Waals surface area contributed by atoms with Gasteiger partial charge in [-0.15, -0.1) is 0 Å². The van der Waals surface area contributed by atoms with Crippen molar-refractivity contribution in [1.82, 2.24) is 0 Å². The van der Waals surface area contributed by atoms with Gasteiger partial charge in [0.15, 0.2) is 0 Å². The maximum absolute atomic E-state index is 11.9. The summed E-state index contributed by atoms with van der Waals surface area (Å²) in [6.45, 7) is 1.51. The van der Waals surface area contributed by atoms with Crippen molar-refractivity contribution in [3.63, 3.8) is 0 Å². The Labute approximate surface area is 112 Å². The molecule has 0 bridgehead atoms. The van der Waals surface area contributed by atoms with Gasteiger partial charge in [0, 0.05) is 0 Å². The lowest BCUT2D eigenvalue weighted by Crippen LogP contribution is -2.46. The summed E-state index contributed by atoms with van der Waals surface area (Å²) in [6, 6.07) is 17.7. The third-order valence-corrected chi connectivity index (χ3v) is 3.42. The van der Waals surface area contributed by atoms with Gasteiger partial charge < -0.3 is 10.2 Å². The molecule has 3 nitrogen and oxygen atoms in total. The van der Waals surface area contributed by atoms with Crippen molar-refractivity contribution in [2.24, 2.45) is 0 Å². The Morgan fingerprint density at radius 1 is 0.947 bits per heavy atom. The molecule has 0 aliphatic rings. The Bertz CT molecular complexity index is 507. The molecule has 0 aromatic heterocycles. The summed E-state index contributed by atoms with van der Waals surface area (Å²) in [6.07, 6.45) is -1.05. The average molecular weight is 256 g/mol. The largest absolute Gasteiger partial charge is 0.480 e. The highest BCUT2D eigenvalue weighted by Gasteiger charge is 2.46. The van der Waals surface area contributed by atoms with Crippen LogP contribution in [-0.4, -0.2) is 22.3 Å². The molecule has 0 saturated carbocycles. The Hall–Kier alpha value is -2.13.